The summed E-state index contributed by atoms with van der Waals surface area (Å²) in [7, 11) is 1.55. The molecule has 1 N–H and O–H groups in total. The van der Waals surface area contributed by atoms with Gasteiger partial charge < -0.3 is 14.6 Å². The van der Waals surface area contributed by atoms with E-state index in [4.69, 9.17) is 14.6 Å². The smallest absolute Gasteiger partial charge is 0.341 e. The second-order valence-corrected chi connectivity index (χ2v) is 4.60. The molecule has 1 aromatic carbocycles. The van der Waals surface area contributed by atoms with Crippen LogP contribution < -0.4 is 9.47 Å². The van der Waals surface area contributed by atoms with E-state index in [2.05, 4.69) is 13.8 Å². The molecular formula is C14H20O4. The number of rotatable bonds is 7. The molecule has 0 fully saturated rings. The zero-order chi connectivity index (χ0) is 13.5. The van der Waals surface area contributed by atoms with Crippen LogP contribution in [0.4, 0.5) is 0 Å². The molecule has 0 spiro atoms. The Labute approximate surface area is 108 Å². The minimum Gasteiger partial charge on any atom is -0.493 e. The average molecular weight is 252 g/mol. The predicted molar refractivity (Wildman–Crippen MR) is 69.3 cm³/mol. The number of hydrogen-bond acceptors (Lipinski definition) is 3. The van der Waals surface area contributed by atoms with Crippen LogP contribution >= 0.6 is 0 Å². The number of benzene rings is 1. The molecule has 0 bridgehead atoms. The topological polar surface area (TPSA) is 55.8 Å². The minimum absolute atomic E-state index is 0.359. The first kappa shape index (κ1) is 14.4. The van der Waals surface area contributed by atoms with E-state index in [9.17, 15) is 4.79 Å². The van der Waals surface area contributed by atoms with Crippen molar-refractivity contribution in [1.29, 1.82) is 0 Å². The maximum atomic E-state index is 10.5. The molecule has 0 saturated carbocycles. The van der Waals surface area contributed by atoms with Crippen molar-refractivity contribution in [2.75, 3.05) is 13.7 Å². The number of carboxylic acids is 1. The van der Waals surface area contributed by atoms with Crippen molar-refractivity contribution >= 4 is 5.97 Å². The van der Waals surface area contributed by atoms with E-state index in [0.29, 0.717) is 17.4 Å². The lowest BCUT2D eigenvalue weighted by Gasteiger charge is -2.11. The zero-order valence-electron chi connectivity index (χ0n) is 11.1. The van der Waals surface area contributed by atoms with Crippen molar-refractivity contribution in [3.8, 4) is 11.5 Å². The van der Waals surface area contributed by atoms with Crippen molar-refractivity contribution in [1.82, 2.24) is 0 Å². The fraction of sp³-hybridized carbons (Fsp3) is 0.500. The number of carbonyl (C=O) groups is 1. The van der Waals surface area contributed by atoms with Gasteiger partial charge in [0.2, 0.25) is 0 Å². The number of ether oxygens (including phenoxy) is 2. The first-order valence-electron chi connectivity index (χ1n) is 6.04. The van der Waals surface area contributed by atoms with Gasteiger partial charge in [0.1, 0.15) is 0 Å². The molecule has 0 saturated heterocycles. The van der Waals surface area contributed by atoms with Gasteiger partial charge in [-0.25, -0.2) is 4.79 Å². The molecule has 0 aromatic heterocycles. The third-order valence-electron chi connectivity index (χ3n) is 2.59. The van der Waals surface area contributed by atoms with Crippen LogP contribution in [0.3, 0.4) is 0 Å². The van der Waals surface area contributed by atoms with E-state index in [1.54, 1.807) is 13.2 Å². The van der Waals surface area contributed by atoms with Gasteiger partial charge in [-0.3, -0.25) is 0 Å². The highest BCUT2D eigenvalue weighted by Gasteiger charge is 2.08. The molecule has 1 aromatic rings. The summed E-state index contributed by atoms with van der Waals surface area (Å²) in [5, 5.41) is 8.57. The van der Waals surface area contributed by atoms with E-state index in [-0.39, 0.29) is 6.61 Å². The van der Waals surface area contributed by atoms with Crippen LogP contribution in [0.5, 0.6) is 11.5 Å². The molecule has 0 aliphatic carbocycles. The van der Waals surface area contributed by atoms with Crippen molar-refractivity contribution in [2.45, 2.75) is 26.7 Å². The number of aryl methyl sites for hydroxylation is 1. The molecule has 0 aliphatic rings. The van der Waals surface area contributed by atoms with Gasteiger partial charge in [-0.1, -0.05) is 19.9 Å². The Morgan fingerprint density at radius 2 is 2.06 bits per heavy atom. The van der Waals surface area contributed by atoms with Crippen LogP contribution in [0.1, 0.15) is 25.8 Å². The van der Waals surface area contributed by atoms with E-state index < -0.39 is 5.97 Å². The summed E-state index contributed by atoms with van der Waals surface area (Å²) < 4.78 is 10.4. The SMILES string of the molecule is COc1cc(CCC(C)C)ccc1OCC(=O)O. The monoisotopic (exact) mass is 252 g/mol. The summed E-state index contributed by atoms with van der Waals surface area (Å²) >= 11 is 0. The van der Waals surface area contributed by atoms with E-state index in [1.807, 2.05) is 12.1 Å². The fourth-order valence-electron chi connectivity index (χ4n) is 1.58. The number of methoxy groups -OCH3 is 1. The van der Waals surface area contributed by atoms with Gasteiger partial charge in [0.05, 0.1) is 7.11 Å². The molecule has 1 rings (SSSR count). The van der Waals surface area contributed by atoms with Gasteiger partial charge in [0, 0.05) is 0 Å². The summed E-state index contributed by atoms with van der Waals surface area (Å²) in [4.78, 5) is 10.5. The van der Waals surface area contributed by atoms with Crippen molar-refractivity contribution in [2.24, 2.45) is 5.92 Å². The molecule has 4 heteroatoms. The fourth-order valence-corrected chi connectivity index (χ4v) is 1.58. The molecular weight excluding hydrogens is 232 g/mol. The lowest BCUT2D eigenvalue weighted by atomic mass is 10.0. The minimum atomic E-state index is -0.999. The van der Waals surface area contributed by atoms with Crippen molar-refractivity contribution < 1.29 is 19.4 Å². The van der Waals surface area contributed by atoms with Crippen LogP contribution in [0.15, 0.2) is 18.2 Å². The van der Waals surface area contributed by atoms with Gasteiger partial charge in [-0.15, -0.1) is 0 Å². The van der Waals surface area contributed by atoms with Crippen LogP contribution in [0.25, 0.3) is 0 Å². The largest absolute Gasteiger partial charge is 0.493 e. The number of hydrogen-bond donors (Lipinski definition) is 1. The van der Waals surface area contributed by atoms with E-state index >= 15 is 0 Å². The van der Waals surface area contributed by atoms with Crippen LogP contribution in [0, 0.1) is 5.92 Å². The lowest BCUT2D eigenvalue weighted by Crippen LogP contribution is -2.10. The number of carboxylic acid groups (broad SMARTS) is 1. The summed E-state index contributed by atoms with van der Waals surface area (Å²) in [6.07, 6.45) is 2.09. The standard InChI is InChI=1S/C14H20O4/c1-10(2)4-5-11-6-7-12(13(8-11)17-3)18-9-14(15)16/h6-8,10H,4-5,9H2,1-3H3,(H,15,16). The van der Waals surface area contributed by atoms with Gasteiger partial charge in [0.25, 0.3) is 0 Å². The maximum Gasteiger partial charge on any atom is 0.341 e. The molecule has 0 amide bonds. The molecule has 18 heavy (non-hydrogen) atoms. The first-order chi connectivity index (χ1) is 8.52. The quantitative estimate of drug-likeness (QED) is 0.810. The molecule has 0 radical (unpaired) electrons. The Balaban J connectivity index is 2.73. The Hall–Kier alpha value is -1.71. The molecule has 100 valence electrons. The summed E-state index contributed by atoms with van der Waals surface area (Å²) in [6, 6.07) is 5.61. The van der Waals surface area contributed by atoms with Gasteiger partial charge in [-0.2, -0.15) is 0 Å². The average Bonchev–Trinajstić information content (AvgIpc) is 2.34. The van der Waals surface area contributed by atoms with E-state index in [1.165, 1.54) is 5.56 Å². The second kappa shape index (κ2) is 6.89. The summed E-state index contributed by atoms with van der Waals surface area (Å²) in [6.45, 7) is 4.00. The number of aliphatic carboxylic acids is 1. The van der Waals surface area contributed by atoms with Crippen LogP contribution in [-0.4, -0.2) is 24.8 Å². The van der Waals surface area contributed by atoms with E-state index in [0.717, 1.165) is 12.8 Å². The Bertz CT molecular complexity index is 399. The zero-order valence-corrected chi connectivity index (χ0v) is 11.1. The third kappa shape index (κ3) is 4.65. The van der Waals surface area contributed by atoms with Crippen LogP contribution in [0.2, 0.25) is 0 Å². The second-order valence-electron chi connectivity index (χ2n) is 4.60. The molecule has 0 heterocycles. The van der Waals surface area contributed by atoms with Crippen molar-refractivity contribution in [3.05, 3.63) is 23.8 Å². The van der Waals surface area contributed by atoms with Gasteiger partial charge >= 0.3 is 5.97 Å². The molecule has 0 aliphatic heterocycles. The normalized spacial score (nSPS) is 10.4. The van der Waals surface area contributed by atoms with Gasteiger partial charge in [0.15, 0.2) is 18.1 Å². The third-order valence-corrected chi connectivity index (χ3v) is 2.59. The van der Waals surface area contributed by atoms with Crippen molar-refractivity contribution in [3.63, 3.8) is 0 Å². The Kier molecular flexibility index (Phi) is 5.49. The maximum absolute atomic E-state index is 10.5. The highest BCUT2D eigenvalue weighted by Crippen LogP contribution is 2.28. The lowest BCUT2D eigenvalue weighted by molar-refractivity contribution is -0.139. The highest BCUT2D eigenvalue weighted by molar-refractivity contribution is 5.68. The summed E-state index contributed by atoms with van der Waals surface area (Å²) in [5.74, 6) is 0.700. The predicted octanol–water partition coefficient (Wildman–Crippen LogP) is 2.75. The molecule has 0 atom stereocenters. The summed E-state index contributed by atoms with van der Waals surface area (Å²) in [5.41, 5.74) is 1.17. The highest BCUT2D eigenvalue weighted by atomic mass is 16.5. The molecule has 0 unspecified atom stereocenters. The van der Waals surface area contributed by atoms with Gasteiger partial charge in [-0.05, 0) is 36.5 Å². The Morgan fingerprint density at radius 3 is 2.61 bits per heavy atom. The van der Waals surface area contributed by atoms with Crippen LogP contribution in [-0.2, 0) is 11.2 Å². The first-order valence-corrected chi connectivity index (χ1v) is 6.04. The molecule has 4 nitrogen and oxygen atoms in total. The Morgan fingerprint density at radius 1 is 1.33 bits per heavy atom.